The molecule has 1 amide bonds. The fraction of sp³-hybridized carbons (Fsp3) is 0.200. The van der Waals surface area contributed by atoms with Crippen LogP contribution in [0.2, 0.25) is 0 Å². The van der Waals surface area contributed by atoms with Crippen molar-refractivity contribution >= 4 is 6.03 Å². The van der Waals surface area contributed by atoms with E-state index in [1.807, 2.05) is 30.3 Å². The number of fused-ring (bicyclic) bond motifs is 1. The number of phenols is 2. The van der Waals surface area contributed by atoms with Crippen LogP contribution in [0.4, 0.5) is 4.79 Å². The van der Waals surface area contributed by atoms with Gasteiger partial charge in [-0.05, 0) is 35.2 Å². The number of amides is 1. The highest BCUT2D eigenvalue weighted by molar-refractivity contribution is 5.77. The standard InChI is InChI=1S/C20H19N3O3/c24-18-10-15-6-8-22(20(26)23-9-7-21-13-23)12-17(16(15)11-19(18)25)14-4-2-1-3-5-14/h1-5,7,9-11,13,17,24-25H,6,8,12H2. The second-order valence-electron chi connectivity index (χ2n) is 6.45. The van der Waals surface area contributed by atoms with Crippen molar-refractivity contribution in [3.05, 3.63) is 77.9 Å². The van der Waals surface area contributed by atoms with Crippen LogP contribution in [0.5, 0.6) is 11.5 Å². The molecule has 1 aliphatic heterocycles. The average Bonchev–Trinajstić information content (AvgIpc) is 3.13. The first-order valence-electron chi connectivity index (χ1n) is 8.50. The van der Waals surface area contributed by atoms with Crippen molar-refractivity contribution < 1.29 is 15.0 Å². The summed E-state index contributed by atoms with van der Waals surface area (Å²) < 4.78 is 1.47. The molecule has 0 fully saturated rings. The van der Waals surface area contributed by atoms with Gasteiger partial charge in [0.2, 0.25) is 0 Å². The van der Waals surface area contributed by atoms with Gasteiger partial charge >= 0.3 is 6.03 Å². The molecule has 1 unspecified atom stereocenters. The van der Waals surface area contributed by atoms with Crippen LogP contribution < -0.4 is 0 Å². The molecule has 6 nitrogen and oxygen atoms in total. The van der Waals surface area contributed by atoms with Gasteiger partial charge in [0.05, 0.1) is 0 Å². The van der Waals surface area contributed by atoms with Gasteiger partial charge < -0.3 is 15.1 Å². The molecule has 132 valence electrons. The highest BCUT2D eigenvalue weighted by atomic mass is 16.3. The smallest absolute Gasteiger partial charge is 0.329 e. The van der Waals surface area contributed by atoms with Crippen molar-refractivity contribution in [2.75, 3.05) is 13.1 Å². The van der Waals surface area contributed by atoms with E-state index in [2.05, 4.69) is 4.98 Å². The monoisotopic (exact) mass is 349 g/mol. The van der Waals surface area contributed by atoms with Crippen molar-refractivity contribution in [3.63, 3.8) is 0 Å². The molecule has 3 aromatic rings. The zero-order chi connectivity index (χ0) is 18.1. The van der Waals surface area contributed by atoms with Crippen LogP contribution in [0.15, 0.2) is 61.2 Å². The van der Waals surface area contributed by atoms with Crippen molar-refractivity contribution in [2.45, 2.75) is 12.3 Å². The fourth-order valence-corrected chi connectivity index (χ4v) is 3.52. The Morgan fingerprint density at radius 3 is 2.62 bits per heavy atom. The molecule has 6 heteroatoms. The molecule has 1 aliphatic rings. The Hall–Kier alpha value is -3.28. The summed E-state index contributed by atoms with van der Waals surface area (Å²) in [5, 5.41) is 19.9. The Balaban J connectivity index is 1.77. The van der Waals surface area contributed by atoms with Gasteiger partial charge in [-0.1, -0.05) is 30.3 Å². The second-order valence-corrected chi connectivity index (χ2v) is 6.45. The van der Waals surface area contributed by atoms with E-state index >= 15 is 0 Å². The van der Waals surface area contributed by atoms with Crippen molar-refractivity contribution in [3.8, 4) is 11.5 Å². The van der Waals surface area contributed by atoms with Gasteiger partial charge in [-0.25, -0.2) is 9.78 Å². The minimum Gasteiger partial charge on any atom is -0.504 e. The molecule has 1 atom stereocenters. The van der Waals surface area contributed by atoms with Crippen LogP contribution in [0.25, 0.3) is 0 Å². The molecular formula is C20H19N3O3. The number of imidazole rings is 1. The van der Waals surface area contributed by atoms with Crippen LogP contribution in [0.1, 0.15) is 22.6 Å². The number of hydrogen-bond acceptors (Lipinski definition) is 4. The first kappa shape index (κ1) is 16.2. The zero-order valence-electron chi connectivity index (χ0n) is 14.1. The number of aromatic hydroxyl groups is 2. The van der Waals surface area contributed by atoms with E-state index < -0.39 is 0 Å². The van der Waals surface area contributed by atoms with Crippen LogP contribution in [0, 0.1) is 0 Å². The van der Waals surface area contributed by atoms with Gasteiger partial charge in [0.15, 0.2) is 11.5 Å². The maximum atomic E-state index is 12.8. The molecule has 0 spiro atoms. The van der Waals surface area contributed by atoms with Gasteiger partial charge in [-0.2, -0.15) is 0 Å². The predicted octanol–water partition coefficient (Wildman–Crippen LogP) is 2.95. The number of aromatic nitrogens is 2. The molecule has 2 aromatic carbocycles. The summed E-state index contributed by atoms with van der Waals surface area (Å²) in [6.45, 7) is 1.01. The number of phenolic OH excluding ortho intramolecular Hbond substituents is 2. The van der Waals surface area contributed by atoms with E-state index in [4.69, 9.17) is 0 Å². The summed E-state index contributed by atoms with van der Waals surface area (Å²) in [4.78, 5) is 18.6. The van der Waals surface area contributed by atoms with Gasteiger partial charge in [-0.3, -0.25) is 4.57 Å². The Morgan fingerprint density at radius 2 is 1.88 bits per heavy atom. The lowest BCUT2D eigenvalue weighted by Gasteiger charge is -2.25. The number of hydrogen-bond donors (Lipinski definition) is 2. The summed E-state index contributed by atoms with van der Waals surface area (Å²) in [7, 11) is 0. The first-order valence-corrected chi connectivity index (χ1v) is 8.50. The van der Waals surface area contributed by atoms with E-state index in [1.165, 1.54) is 10.9 Å². The van der Waals surface area contributed by atoms with E-state index in [0.29, 0.717) is 19.5 Å². The molecular weight excluding hydrogens is 330 g/mol. The molecule has 1 aromatic heterocycles. The summed E-state index contributed by atoms with van der Waals surface area (Å²) in [5.41, 5.74) is 2.94. The maximum absolute atomic E-state index is 12.8. The Bertz CT molecular complexity index is 923. The normalized spacial score (nSPS) is 16.8. The Morgan fingerprint density at radius 1 is 1.12 bits per heavy atom. The van der Waals surface area contributed by atoms with Crippen LogP contribution in [-0.2, 0) is 6.42 Å². The quantitative estimate of drug-likeness (QED) is 0.662. The van der Waals surface area contributed by atoms with Gasteiger partial charge in [0, 0.05) is 31.4 Å². The van der Waals surface area contributed by atoms with Gasteiger partial charge in [-0.15, -0.1) is 0 Å². The SMILES string of the molecule is O=C(N1CCc2cc(O)c(O)cc2C(c2ccccc2)C1)n1ccnc1. The summed E-state index contributed by atoms with van der Waals surface area (Å²) in [6.07, 6.45) is 5.31. The number of carbonyl (C=O) groups excluding carboxylic acids is 1. The molecule has 2 N–H and O–H groups in total. The Labute approximate surface area is 151 Å². The van der Waals surface area contributed by atoms with Crippen LogP contribution >= 0.6 is 0 Å². The Kier molecular flexibility index (Phi) is 4.08. The molecule has 0 saturated heterocycles. The zero-order valence-corrected chi connectivity index (χ0v) is 14.1. The van der Waals surface area contributed by atoms with E-state index in [9.17, 15) is 15.0 Å². The van der Waals surface area contributed by atoms with Crippen molar-refractivity contribution in [1.29, 1.82) is 0 Å². The van der Waals surface area contributed by atoms with E-state index in [-0.39, 0.29) is 23.4 Å². The highest BCUT2D eigenvalue weighted by Gasteiger charge is 2.28. The third-order valence-corrected chi connectivity index (χ3v) is 4.86. The van der Waals surface area contributed by atoms with Gasteiger partial charge in [0.25, 0.3) is 0 Å². The molecule has 0 saturated carbocycles. The lowest BCUT2D eigenvalue weighted by atomic mass is 9.87. The summed E-state index contributed by atoms with van der Waals surface area (Å²) >= 11 is 0. The molecule has 2 heterocycles. The van der Waals surface area contributed by atoms with Crippen molar-refractivity contribution in [1.82, 2.24) is 14.5 Å². The number of carbonyl (C=O) groups is 1. The van der Waals surface area contributed by atoms with Gasteiger partial charge in [0.1, 0.15) is 6.33 Å². The lowest BCUT2D eigenvalue weighted by molar-refractivity contribution is 0.200. The molecule has 4 rings (SSSR count). The minimum absolute atomic E-state index is 0.0901. The third-order valence-electron chi connectivity index (χ3n) is 4.86. The van der Waals surface area contributed by atoms with E-state index in [0.717, 1.165) is 16.7 Å². The largest absolute Gasteiger partial charge is 0.504 e. The summed E-state index contributed by atoms with van der Waals surface area (Å²) in [5.74, 6) is -0.364. The number of rotatable bonds is 1. The molecule has 0 radical (unpaired) electrons. The number of nitrogens with zero attached hydrogens (tertiary/aromatic N) is 3. The minimum atomic E-state index is -0.140. The molecule has 0 bridgehead atoms. The molecule has 0 aliphatic carbocycles. The summed E-state index contributed by atoms with van der Waals surface area (Å²) in [6, 6.07) is 13.0. The predicted molar refractivity (Wildman–Crippen MR) is 96.4 cm³/mol. The second kappa shape index (κ2) is 6.55. The van der Waals surface area contributed by atoms with Crippen molar-refractivity contribution in [2.24, 2.45) is 0 Å². The number of benzene rings is 2. The highest BCUT2D eigenvalue weighted by Crippen LogP contribution is 2.37. The fourth-order valence-electron chi connectivity index (χ4n) is 3.52. The third kappa shape index (κ3) is 2.90. The average molecular weight is 349 g/mol. The van der Waals surface area contributed by atoms with Crippen LogP contribution in [0.3, 0.4) is 0 Å². The first-order chi connectivity index (χ1) is 12.6. The van der Waals surface area contributed by atoms with Crippen LogP contribution in [-0.4, -0.2) is 43.8 Å². The maximum Gasteiger partial charge on any atom is 0.329 e. The molecule has 26 heavy (non-hydrogen) atoms. The lowest BCUT2D eigenvalue weighted by Crippen LogP contribution is -2.37. The van der Waals surface area contributed by atoms with E-state index in [1.54, 1.807) is 29.4 Å². The topological polar surface area (TPSA) is 78.6 Å².